The number of hydrogen-bond acceptors (Lipinski definition) is 5. The third-order valence-electron chi connectivity index (χ3n) is 3.06. The quantitative estimate of drug-likeness (QED) is 0.621. The zero-order valence-corrected chi connectivity index (χ0v) is 10.1. The van der Waals surface area contributed by atoms with Gasteiger partial charge in [-0.3, -0.25) is 0 Å². The second-order valence-electron chi connectivity index (χ2n) is 5.44. The minimum atomic E-state index is -0.611. The van der Waals surface area contributed by atoms with Gasteiger partial charge in [-0.2, -0.15) is 0 Å². The van der Waals surface area contributed by atoms with Crippen molar-refractivity contribution >= 4 is 0 Å². The molecular formula is C11H18O5. The lowest BCUT2D eigenvalue weighted by Gasteiger charge is -2.30. The van der Waals surface area contributed by atoms with Crippen LogP contribution in [-0.4, -0.2) is 42.8 Å². The summed E-state index contributed by atoms with van der Waals surface area (Å²) in [6.07, 6.45) is -0.700. The van der Waals surface area contributed by atoms with Crippen molar-refractivity contribution in [3.63, 3.8) is 0 Å². The molecule has 3 saturated heterocycles. The van der Waals surface area contributed by atoms with Gasteiger partial charge in [0.2, 0.25) is 0 Å². The summed E-state index contributed by atoms with van der Waals surface area (Å²) >= 11 is 0. The molecule has 0 saturated carbocycles. The van der Waals surface area contributed by atoms with Crippen molar-refractivity contribution in [2.45, 2.75) is 63.9 Å². The Hall–Kier alpha value is -0.200. The van der Waals surface area contributed by atoms with Gasteiger partial charge in [-0.1, -0.05) is 0 Å². The standard InChI is InChI=1S/C11H18O5/c1-10(2)13-6-5-12-9-8(7(6)14-10)15-11(3,4)16-9/h6-9H,5H2,1-4H3/t6-,7-,8+,9-/m1/s1. The van der Waals surface area contributed by atoms with Crippen molar-refractivity contribution in [3.05, 3.63) is 0 Å². The van der Waals surface area contributed by atoms with Crippen molar-refractivity contribution < 1.29 is 23.7 Å². The van der Waals surface area contributed by atoms with E-state index in [1.54, 1.807) is 0 Å². The maximum absolute atomic E-state index is 5.85. The molecule has 3 rings (SSSR count). The Morgan fingerprint density at radius 3 is 2.19 bits per heavy atom. The van der Waals surface area contributed by atoms with E-state index in [4.69, 9.17) is 23.7 Å². The average Bonchev–Trinajstić information content (AvgIpc) is 2.58. The van der Waals surface area contributed by atoms with Gasteiger partial charge >= 0.3 is 0 Å². The van der Waals surface area contributed by atoms with E-state index in [2.05, 4.69) is 0 Å². The van der Waals surface area contributed by atoms with Crippen LogP contribution in [-0.2, 0) is 23.7 Å². The fourth-order valence-corrected chi connectivity index (χ4v) is 2.57. The van der Waals surface area contributed by atoms with Gasteiger partial charge in [-0.25, -0.2) is 0 Å². The Kier molecular flexibility index (Phi) is 2.17. The lowest BCUT2D eigenvalue weighted by Crippen LogP contribution is -2.50. The molecule has 3 aliphatic rings. The molecule has 0 aromatic carbocycles. The topological polar surface area (TPSA) is 46.2 Å². The Bertz CT molecular complexity index is 271. The van der Waals surface area contributed by atoms with Crippen LogP contribution in [0.1, 0.15) is 27.7 Å². The largest absolute Gasteiger partial charge is 0.347 e. The van der Waals surface area contributed by atoms with Crippen LogP contribution < -0.4 is 0 Å². The maximum atomic E-state index is 5.85. The van der Waals surface area contributed by atoms with Crippen LogP contribution in [0.4, 0.5) is 0 Å². The lowest BCUT2D eigenvalue weighted by atomic mass is 10.1. The van der Waals surface area contributed by atoms with Crippen molar-refractivity contribution in [1.82, 2.24) is 0 Å². The van der Waals surface area contributed by atoms with E-state index in [0.717, 1.165) is 0 Å². The summed E-state index contributed by atoms with van der Waals surface area (Å²) in [5.41, 5.74) is 0. The van der Waals surface area contributed by atoms with Gasteiger partial charge in [-0.05, 0) is 27.7 Å². The molecule has 3 heterocycles. The van der Waals surface area contributed by atoms with Crippen LogP contribution >= 0.6 is 0 Å². The lowest BCUT2D eigenvalue weighted by molar-refractivity contribution is -0.205. The molecule has 0 unspecified atom stereocenters. The van der Waals surface area contributed by atoms with Crippen molar-refractivity contribution in [2.24, 2.45) is 0 Å². The number of ether oxygens (including phenoxy) is 5. The molecule has 0 aliphatic carbocycles. The summed E-state index contributed by atoms with van der Waals surface area (Å²) in [6.45, 7) is 8.06. The minimum absolute atomic E-state index is 0.0613. The Balaban J connectivity index is 1.81. The van der Waals surface area contributed by atoms with E-state index in [1.165, 1.54) is 0 Å². The van der Waals surface area contributed by atoms with Crippen molar-refractivity contribution in [1.29, 1.82) is 0 Å². The van der Waals surface area contributed by atoms with Gasteiger partial charge in [0.25, 0.3) is 0 Å². The van der Waals surface area contributed by atoms with E-state index >= 15 is 0 Å². The molecule has 0 aromatic heterocycles. The molecule has 0 amide bonds. The Morgan fingerprint density at radius 1 is 0.812 bits per heavy atom. The molecule has 5 heteroatoms. The van der Waals surface area contributed by atoms with Gasteiger partial charge in [0.05, 0.1) is 6.61 Å². The molecule has 16 heavy (non-hydrogen) atoms. The highest BCUT2D eigenvalue weighted by Gasteiger charge is 2.57. The first kappa shape index (κ1) is 10.9. The van der Waals surface area contributed by atoms with Gasteiger partial charge < -0.3 is 23.7 Å². The molecule has 3 aliphatic heterocycles. The van der Waals surface area contributed by atoms with E-state index < -0.39 is 11.6 Å². The SMILES string of the molecule is CC1(C)O[C@H]2OC[C@H]3OC(C)(C)O[C@H]3[C@@H]2O1. The highest BCUT2D eigenvalue weighted by Crippen LogP contribution is 2.41. The Labute approximate surface area is 94.9 Å². The zero-order valence-electron chi connectivity index (χ0n) is 10.1. The smallest absolute Gasteiger partial charge is 0.189 e. The fourth-order valence-electron chi connectivity index (χ4n) is 2.57. The fraction of sp³-hybridized carbons (Fsp3) is 1.00. The van der Waals surface area contributed by atoms with Crippen LogP contribution in [0.2, 0.25) is 0 Å². The first-order valence-electron chi connectivity index (χ1n) is 5.69. The third-order valence-corrected chi connectivity index (χ3v) is 3.06. The third kappa shape index (κ3) is 1.67. The molecule has 0 radical (unpaired) electrons. The van der Waals surface area contributed by atoms with Crippen LogP contribution in [0.5, 0.6) is 0 Å². The van der Waals surface area contributed by atoms with E-state index in [-0.39, 0.29) is 24.6 Å². The summed E-state index contributed by atoms with van der Waals surface area (Å²) in [4.78, 5) is 0. The molecule has 5 nitrogen and oxygen atoms in total. The zero-order chi connectivity index (χ0) is 11.6. The maximum Gasteiger partial charge on any atom is 0.189 e. The van der Waals surface area contributed by atoms with Crippen LogP contribution in [0.15, 0.2) is 0 Å². The number of rotatable bonds is 0. The van der Waals surface area contributed by atoms with E-state index in [0.29, 0.717) is 6.61 Å². The Morgan fingerprint density at radius 2 is 1.44 bits per heavy atom. The molecule has 0 aromatic rings. The molecule has 3 fully saturated rings. The molecule has 0 N–H and O–H groups in total. The molecule has 4 atom stereocenters. The van der Waals surface area contributed by atoms with Gasteiger partial charge in [0.1, 0.15) is 18.3 Å². The van der Waals surface area contributed by atoms with Crippen LogP contribution in [0, 0.1) is 0 Å². The highest BCUT2D eigenvalue weighted by molar-refractivity contribution is 4.95. The van der Waals surface area contributed by atoms with Crippen molar-refractivity contribution in [2.75, 3.05) is 6.61 Å². The van der Waals surface area contributed by atoms with E-state index in [9.17, 15) is 0 Å². The summed E-state index contributed by atoms with van der Waals surface area (Å²) in [5, 5.41) is 0. The number of fused-ring (bicyclic) bond motifs is 3. The van der Waals surface area contributed by atoms with Crippen LogP contribution in [0.3, 0.4) is 0 Å². The molecular weight excluding hydrogens is 212 g/mol. The predicted molar refractivity (Wildman–Crippen MR) is 53.6 cm³/mol. The summed E-state index contributed by atoms with van der Waals surface area (Å²) in [6, 6.07) is 0. The number of hydrogen-bond donors (Lipinski definition) is 0. The van der Waals surface area contributed by atoms with Gasteiger partial charge in [0, 0.05) is 0 Å². The highest BCUT2D eigenvalue weighted by atomic mass is 16.8. The summed E-state index contributed by atoms with van der Waals surface area (Å²) in [5.74, 6) is -1.18. The average molecular weight is 230 g/mol. The van der Waals surface area contributed by atoms with Gasteiger partial charge in [0.15, 0.2) is 17.9 Å². The molecule has 92 valence electrons. The second kappa shape index (κ2) is 3.17. The normalized spacial score (nSPS) is 48.8. The second-order valence-corrected chi connectivity index (χ2v) is 5.44. The van der Waals surface area contributed by atoms with Crippen LogP contribution in [0.25, 0.3) is 0 Å². The predicted octanol–water partition coefficient (Wildman–Crippen LogP) is 1.01. The summed E-state index contributed by atoms with van der Waals surface area (Å²) < 4.78 is 28.6. The summed E-state index contributed by atoms with van der Waals surface area (Å²) in [7, 11) is 0. The molecule has 0 bridgehead atoms. The first-order valence-corrected chi connectivity index (χ1v) is 5.69. The first-order chi connectivity index (χ1) is 7.36. The minimum Gasteiger partial charge on any atom is -0.347 e. The van der Waals surface area contributed by atoms with Crippen molar-refractivity contribution in [3.8, 4) is 0 Å². The monoisotopic (exact) mass is 230 g/mol. The van der Waals surface area contributed by atoms with Gasteiger partial charge in [-0.15, -0.1) is 0 Å². The molecule has 0 spiro atoms. The van der Waals surface area contributed by atoms with E-state index in [1.807, 2.05) is 27.7 Å².